The Labute approximate surface area is 214 Å². The molecule has 0 spiro atoms. The average Bonchev–Trinajstić information content (AvgIpc) is 3.34. The molecule has 0 bridgehead atoms. The van der Waals surface area contributed by atoms with Crippen molar-refractivity contribution in [3.05, 3.63) is 18.2 Å². The third kappa shape index (κ3) is 10.6. The summed E-state index contributed by atoms with van der Waals surface area (Å²) >= 11 is 1.48. The summed E-state index contributed by atoms with van der Waals surface area (Å²) in [5.41, 5.74) is 11.7. The van der Waals surface area contributed by atoms with Crippen molar-refractivity contribution < 1.29 is 29.1 Å². The second-order valence-corrected chi connectivity index (χ2v) is 9.49. The Morgan fingerprint density at radius 1 is 1.08 bits per heavy atom. The fraction of sp³-hybridized carbons (Fsp3) is 0.636. The van der Waals surface area contributed by atoms with Crippen LogP contribution in [0.1, 0.15) is 45.2 Å². The number of carbonyl (C=O) groups is 5. The van der Waals surface area contributed by atoms with Crippen LogP contribution in [-0.2, 0) is 30.4 Å². The fourth-order valence-electron chi connectivity index (χ4n) is 3.27. The highest BCUT2D eigenvalue weighted by molar-refractivity contribution is 7.98. The lowest BCUT2D eigenvalue weighted by Gasteiger charge is -2.28. The monoisotopic (exact) mass is 527 g/mol. The Bertz CT molecular complexity index is 882. The summed E-state index contributed by atoms with van der Waals surface area (Å²) in [7, 11) is 0. The minimum atomic E-state index is -1.35. The molecule has 36 heavy (non-hydrogen) atoms. The number of imidazole rings is 1. The molecule has 13 nitrogen and oxygen atoms in total. The van der Waals surface area contributed by atoms with E-state index in [2.05, 4.69) is 25.9 Å². The summed E-state index contributed by atoms with van der Waals surface area (Å²) in [6.45, 7) is 3.56. The summed E-state index contributed by atoms with van der Waals surface area (Å²) in [6.07, 6.45) is 5.47. The van der Waals surface area contributed by atoms with Gasteiger partial charge in [-0.3, -0.25) is 19.2 Å². The van der Waals surface area contributed by atoms with Gasteiger partial charge in [-0.15, -0.1) is 0 Å². The number of nitrogens with one attached hydrogen (secondary N) is 4. The zero-order valence-electron chi connectivity index (χ0n) is 20.8. The van der Waals surface area contributed by atoms with E-state index in [1.54, 1.807) is 13.1 Å². The molecule has 5 unspecified atom stereocenters. The molecule has 1 aromatic rings. The third-order valence-corrected chi connectivity index (χ3v) is 6.31. The van der Waals surface area contributed by atoms with Crippen molar-refractivity contribution in [1.29, 1.82) is 0 Å². The molecule has 1 heterocycles. The number of aromatic amines is 1. The van der Waals surface area contributed by atoms with Gasteiger partial charge in [0.2, 0.25) is 23.6 Å². The molecular formula is C22H37N7O6S. The number of nitrogens with zero attached hydrogens (tertiary/aromatic N) is 1. The smallest absolute Gasteiger partial charge is 0.326 e. The van der Waals surface area contributed by atoms with E-state index in [9.17, 15) is 29.1 Å². The van der Waals surface area contributed by atoms with Crippen LogP contribution in [0.5, 0.6) is 0 Å². The van der Waals surface area contributed by atoms with E-state index < -0.39 is 53.8 Å². The first kappa shape index (κ1) is 30.9. The molecule has 0 aromatic carbocycles. The van der Waals surface area contributed by atoms with Crippen molar-refractivity contribution in [1.82, 2.24) is 25.9 Å². The predicted octanol–water partition coefficient (Wildman–Crippen LogP) is -1.12. The maximum atomic E-state index is 13.1. The Balaban J connectivity index is 2.94. The number of carbonyl (C=O) groups excluding carboxylic acids is 4. The van der Waals surface area contributed by atoms with Gasteiger partial charge in [0.25, 0.3) is 0 Å². The second kappa shape index (κ2) is 15.8. The van der Waals surface area contributed by atoms with Crippen molar-refractivity contribution >= 4 is 41.4 Å². The molecule has 0 saturated carbocycles. The summed E-state index contributed by atoms with van der Waals surface area (Å²) in [4.78, 5) is 68.1. The van der Waals surface area contributed by atoms with Crippen LogP contribution in [0.25, 0.3) is 0 Å². The molecule has 1 aromatic heterocycles. The topological polar surface area (TPSA) is 222 Å². The minimum Gasteiger partial charge on any atom is -0.480 e. The first-order chi connectivity index (χ1) is 17.0. The third-order valence-electron chi connectivity index (χ3n) is 5.66. The molecule has 4 amide bonds. The van der Waals surface area contributed by atoms with Gasteiger partial charge < -0.3 is 37.5 Å². The number of aliphatic carboxylic acids is 1. The Kier molecular flexibility index (Phi) is 13.5. The number of nitrogens with two attached hydrogens (primary N) is 2. The number of H-pyrrole nitrogens is 1. The Morgan fingerprint density at radius 2 is 1.75 bits per heavy atom. The molecule has 202 valence electrons. The standard InChI is InChI=1S/C22H37N7O6S/c1-4-12(2)18(21(33)28-16(22(34)35)5-6-17(24)30)29-20(32)15(7-8-36-3)27-19(31)14(23)9-13-10-25-11-26-13/h10-12,14-16,18H,4-9,23H2,1-3H3,(H2,24,30)(H,25,26)(H,27,31)(H,28,33)(H,29,32)(H,34,35). The number of thioether (sulfide) groups is 1. The highest BCUT2D eigenvalue weighted by atomic mass is 32.2. The normalized spacial score (nSPS) is 15.1. The SMILES string of the molecule is CCC(C)C(NC(=O)C(CCSC)NC(=O)C(N)Cc1cnc[nH]1)C(=O)NC(CCC(N)=O)C(=O)O. The molecule has 0 fully saturated rings. The van der Waals surface area contributed by atoms with Crippen LogP contribution in [0.4, 0.5) is 0 Å². The van der Waals surface area contributed by atoms with Crippen molar-refractivity contribution in [3.63, 3.8) is 0 Å². The molecule has 14 heteroatoms. The van der Waals surface area contributed by atoms with Gasteiger partial charge in [0.05, 0.1) is 12.4 Å². The quantitative estimate of drug-likeness (QED) is 0.130. The van der Waals surface area contributed by atoms with Gasteiger partial charge >= 0.3 is 5.97 Å². The molecule has 5 atom stereocenters. The minimum absolute atomic E-state index is 0.182. The maximum absolute atomic E-state index is 13.1. The number of carboxylic acid groups (broad SMARTS) is 1. The lowest BCUT2D eigenvalue weighted by molar-refractivity contribution is -0.143. The first-order valence-electron chi connectivity index (χ1n) is 11.6. The van der Waals surface area contributed by atoms with E-state index in [4.69, 9.17) is 11.5 Å². The number of hydrogen-bond acceptors (Lipinski definition) is 8. The highest BCUT2D eigenvalue weighted by Gasteiger charge is 2.32. The van der Waals surface area contributed by atoms with Gasteiger partial charge in [-0.2, -0.15) is 11.8 Å². The molecule has 1 rings (SSSR count). The number of amides is 4. The van der Waals surface area contributed by atoms with Gasteiger partial charge in [0.15, 0.2) is 0 Å². The van der Waals surface area contributed by atoms with Crippen molar-refractivity contribution in [2.45, 2.75) is 70.1 Å². The lowest BCUT2D eigenvalue weighted by Crippen LogP contribution is -2.59. The Hall–Kier alpha value is -3.13. The van der Waals surface area contributed by atoms with Crippen molar-refractivity contribution in [2.75, 3.05) is 12.0 Å². The first-order valence-corrected chi connectivity index (χ1v) is 13.0. The van der Waals surface area contributed by atoms with Gasteiger partial charge in [-0.25, -0.2) is 9.78 Å². The molecule has 0 aliphatic heterocycles. The zero-order valence-corrected chi connectivity index (χ0v) is 21.6. The molecule has 9 N–H and O–H groups in total. The molecule has 0 aliphatic rings. The maximum Gasteiger partial charge on any atom is 0.326 e. The van der Waals surface area contributed by atoms with E-state index in [1.165, 1.54) is 18.1 Å². The fourth-order valence-corrected chi connectivity index (χ4v) is 3.74. The molecule has 0 saturated heterocycles. The van der Waals surface area contributed by atoms with Crippen LogP contribution in [0.3, 0.4) is 0 Å². The predicted molar refractivity (Wildman–Crippen MR) is 135 cm³/mol. The van der Waals surface area contributed by atoms with Gasteiger partial charge in [0.1, 0.15) is 18.1 Å². The molecule has 0 aliphatic carbocycles. The van der Waals surface area contributed by atoms with Gasteiger partial charge in [-0.1, -0.05) is 20.3 Å². The largest absolute Gasteiger partial charge is 0.480 e. The van der Waals surface area contributed by atoms with E-state index in [1.807, 2.05) is 13.2 Å². The molecular weight excluding hydrogens is 490 g/mol. The van der Waals surface area contributed by atoms with E-state index in [-0.39, 0.29) is 25.2 Å². The van der Waals surface area contributed by atoms with E-state index >= 15 is 0 Å². The van der Waals surface area contributed by atoms with Crippen LogP contribution in [0.15, 0.2) is 12.5 Å². The van der Waals surface area contributed by atoms with Crippen LogP contribution < -0.4 is 27.4 Å². The number of rotatable bonds is 17. The van der Waals surface area contributed by atoms with Crippen LogP contribution in [-0.4, -0.2) is 80.8 Å². The zero-order chi connectivity index (χ0) is 27.3. The number of hydrogen-bond donors (Lipinski definition) is 7. The average molecular weight is 528 g/mol. The van der Waals surface area contributed by atoms with Gasteiger partial charge in [-0.05, 0) is 30.8 Å². The van der Waals surface area contributed by atoms with Crippen molar-refractivity contribution in [2.24, 2.45) is 17.4 Å². The summed E-state index contributed by atoms with van der Waals surface area (Å²) in [5.74, 6) is -3.64. The highest BCUT2D eigenvalue weighted by Crippen LogP contribution is 2.11. The van der Waals surface area contributed by atoms with Crippen molar-refractivity contribution in [3.8, 4) is 0 Å². The van der Waals surface area contributed by atoms with E-state index in [0.717, 1.165) is 0 Å². The van der Waals surface area contributed by atoms with E-state index in [0.29, 0.717) is 24.3 Å². The lowest BCUT2D eigenvalue weighted by atomic mass is 9.97. The second-order valence-electron chi connectivity index (χ2n) is 8.51. The summed E-state index contributed by atoms with van der Waals surface area (Å²) in [6, 6.07) is -4.29. The number of carboxylic acids is 1. The van der Waals surface area contributed by atoms with Gasteiger partial charge in [0, 0.05) is 24.7 Å². The number of aromatic nitrogens is 2. The number of primary amides is 1. The summed E-state index contributed by atoms with van der Waals surface area (Å²) in [5, 5.41) is 17.1. The van der Waals surface area contributed by atoms with Crippen LogP contribution in [0.2, 0.25) is 0 Å². The molecule has 0 radical (unpaired) electrons. The van der Waals surface area contributed by atoms with Crippen LogP contribution >= 0.6 is 11.8 Å². The summed E-state index contributed by atoms with van der Waals surface area (Å²) < 4.78 is 0. The Morgan fingerprint density at radius 3 is 2.28 bits per heavy atom. The van der Waals surface area contributed by atoms with Crippen LogP contribution in [0, 0.1) is 5.92 Å².